The Morgan fingerprint density at radius 2 is 2.00 bits per heavy atom. The Kier molecular flexibility index (Phi) is 4.35. The van der Waals surface area contributed by atoms with E-state index in [2.05, 4.69) is 10.1 Å². The second kappa shape index (κ2) is 6.83. The molecule has 1 aliphatic carbocycles. The standard InChI is InChI=1S/C20H17FN2O4/c1-11-9-15(24)19-16(8-7-14(21)18(11)19)26-10-17-22-20(27-23-17)12-3-5-13(25-2)6-4-12/h3-8,11H,9-10H2,1-2H3. The van der Waals surface area contributed by atoms with Gasteiger partial charge in [-0.05, 0) is 42.3 Å². The molecule has 0 bridgehead atoms. The van der Waals surface area contributed by atoms with E-state index < -0.39 is 0 Å². The Bertz CT molecular complexity index is 998. The van der Waals surface area contributed by atoms with E-state index in [1.54, 1.807) is 19.2 Å². The van der Waals surface area contributed by atoms with Crippen molar-refractivity contribution in [2.75, 3.05) is 7.11 Å². The van der Waals surface area contributed by atoms with E-state index in [1.165, 1.54) is 12.1 Å². The monoisotopic (exact) mass is 368 g/mol. The van der Waals surface area contributed by atoms with Crippen LogP contribution in [0.2, 0.25) is 0 Å². The molecule has 0 fully saturated rings. The second-order valence-corrected chi connectivity index (χ2v) is 6.40. The summed E-state index contributed by atoms with van der Waals surface area (Å²) in [5, 5.41) is 3.89. The highest BCUT2D eigenvalue weighted by atomic mass is 19.1. The lowest BCUT2D eigenvalue weighted by Gasteiger charge is -2.10. The average Bonchev–Trinajstić information content (AvgIpc) is 3.26. The molecule has 0 aliphatic heterocycles. The quantitative estimate of drug-likeness (QED) is 0.673. The van der Waals surface area contributed by atoms with Crippen LogP contribution in [0.15, 0.2) is 40.9 Å². The summed E-state index contributed by atoms with van der Waals surface area (Å²) in [4.78, 5) is 16.5. The van der Waals surface area contributed by atoms with E-state index in [4.69, 9.17) is 14.0 Å². The molecule has 0 saturated carbocycles. The van der Waals surface area contributed by atoms with Crippen LogP contribution in [0, 0.1) is 5.82 Å². The zero-order valence-electron chi connectivity index (χ0n) is 14.9. The summed E-state index contributed by atoms with van der Waals surface area (Å²) in [5.41, 5.74) is 1.49. The number of carbonyl (C=O) groups excluding carboxylic acids is 1. The number of hydrogen-bond acceptors (Lipinski definition) is 6. The number of ether oxygens (including phenoxy) is 2. The molecule has 0 radical (unpaired) electrons. The maximum Gasteiger partial charge on any atom is 0.258 e. The first-order valence-corrected chi connectivity index (χ1v) is 8.52. The zero-order chi connectivity index (χ0) is 19.0. The normalized spacial score (nSPS) is 15.7. The molecule has 4 rings (SSSR count). The summed E-state index contributed by atoms with van der Waals surface area (Å²) < 4.78 is 30.1. The molecule has 1 aromatic heterocycles. The number of ketones is 1. The van der Waals surface area contributed by atoms with Gasteiger partial charge in [-0.3, -0.25) is 4.79 Å². The predicted molar refractivity (Wildman–Crippen MR) is 94.4 cm³/mol. The van der Waals surface area contributed by atoms with Crippen LogP contribution in [0.5, 0.6) is 11.5 Å². The third-order valence-corrected chi connectivity index (χ3v) is 4.58. The Hall–Kier alpha value is -3.22. The average molecular weight is 368 g/mol. The number of aromatic nitrogens is 2. The van der Waals surface area contributed by atoms with Crippen molar-refractivity contribution in [3.05, 3.63) is 59.2 Å². The molecule has 1 atom stereocenters. The lowest BCUT2D eigenvalue weighted by atomic mass is 10.0. The van der Waals surface area contributed by atoms with Crippen LogP contribution in [0.4, 0.5) is 4.39 Å². The molecule has 27 heavy (non-hydrogen) atoms. The summed E-state index contributed by atoms with van der Waals surface area (Å²) >= 11 is 0. The highest BCUT2D eigenvalue weighted by Gasteiger charge is 2.32. The lowest BCUT2D eigenvalue weighted by molar-refractivity contribution is 0.0986. The van der Waals surface area contributed by atoms with Crippen LogP contribution in [0.25, 0.3) is 11.5 Å². The smallest absolute Gasteiger partial charge is 0.258 e. The van der Waals surface area contributed by atoms with Crippen LogP contribution in [0.3, 0.4) is 0 Å². The lowest BCUT2D eigenvalue weighted by Crippen LogP contribution is -2.03. The third-order valence-electron chi connectivity index (χ3n) is 4.58. The SMILES string of the molecule is COc1ccc(-c2nc(COc3ccc(F)c4c3C(=O)CC4C)no2)cc1. The minimum absolute atomic E-state index is 0.0133. The summed E-state index contributed by atoms with van der Waals surface area (Å²) in [7, 11) is 1.59. The summed E-state index contributed by atoms with van der Waals surface area (Å²) in [5.74, 6) is 1.11. The Labute approximate surface area is 154 Å². The number of rotatable bonds is 5. The third kappa shape index (κ3) is 3.16. The zero-order valence-corrected chi connectivity index (χ0v) is 14.9. The fourth-order valence-corrected chi connectivity index (χ4v) is 3.25. The molecular formula is C20H17FN2O4. The van der Waals surface area contributed by atoms with Crippen LogP contribution < -0.4 is 9.47 Å². The number of hydrogen-bond donors (Lipinski definition) is 0. The summed E-state index contributed by atoms with van der Waals surface area (Å²) in [6.07, 6.45) is 0.288. The number of halogens is 1. The molecule has 1 aliphatic rings. The van der Waals surface area contributed by atoms with Gasteiger partial charge in [0.1, 0.15) is 17.3 Å². The van der Waals surface area contributed by atoms with Crippen molar-refractivity contribution in [2.45, 2.75) is 25.9 Å². The van der Waals surface area contributed by atoms with E-state index >= 15 is 0 Å². The van der Waals surface area contributed by atoms with Gasteiger partial charge in [0.2, 0.25) is 5.82 Å². The van der Waals surface area contributed by atoms with Crippen molar-refractivity contribution < 1.29 is 23.2 Å². The minimum atomic E-state index is -0.378. The molecule has 0 amide bonds. The van der Waals surface area contributed by atoms with Gasteiger partial charge in [0.25, 0.3) is 5.89 Å². The molecule has 3 aromatic rings. The molecule has 7 heteroatoms. The number of fused-ring (bicyclic) bond motifs is 1. The Balaban J connectivity index is 1.52. The van der Waals surface area contributed by atoms with Gasteiger partial charge in [-0.1, -0.05) is 12.1 Å². The van der Waals surface area contributed by atoms with Gasteiger partial charge in [0, 0.05) is 17.5 Å². The number of methoxy groups -OCH3 is 1. The van der Waals surface area contributed by atoms with Gasteiger partial charge in [-0.25, -0.2) is 4.39 Å². The molecule has 1 heterocycles. The van der Waals surface area contributed by atoms with Gasteiger partial charge < -0.3 is 14.0 Å². The molecule has 0 spiro atoms. The number of benzene rings is 2. The van der Waals surface area contributed by atoms with E-state index in [9.17, 15) is 9.18 Å². The Morgan fingerprint density at radius 3 is 2.74 bits per heavy atom. The number of nitrogens with zero attached hydrogens (tertiary/aromatic N) is 2. The topological polar surface area (TPSA) is 74.5 Å². The van der Waals surface area contributed by atoms with Crippen molar-refractivity contribution in [1.82, 2.24) is 10.1 Å². The van der Waals surface area contributed by atoms with E-state index in [0.29, 0.717) is 28.6 Å². The largest absolute Gasteiger partial charge is 0.497 e. The summed E-state index contributed by atoms with van der Waals surface area (Å²) in [6.45, 7) is 1.84. The van der Waals surface area contributed by atoms with Gasteiger partial charge >= 0.3 is 0 Å². The van der Waals surface area contributed by atoms with Crippen molar-refractivity contribution >= 4 is 5.78 Å². The van der Waals surface area contributed by atoms with Gasteiger partial charge in [-0.15, -0.1) is 0 Å². The highest BCUT2D eigenvalue weighted by molar-refractivity contribution is 6.03. The van der Waals surface area contributed by atoms with Crippen molar-refractivity contribution in [3.8, 4) is 23.0 Å². The predicted octanol–water partition coefficient (Wildman–Crippen LogP) is 4.15. The fraction of sp³-hybridized carbons (Fsp3) is 0.250. The van der Waals surface area contributed by atoms with Crippen LogP contribution in [-0.4, -0.2) is 23.0 Å². The molecule has 6 nitrogen and oxygen atoms in total. The second-order valence-electron chi connectivity index (χ2n) is 6.40. The molecule has 138 valence electrons. The van der Waals surface area contributed by atoms with E-state index in [-0.39, 0.29) is 30.5 Å². The maximum absolute atomic E-state index is 14.0. The van der Waals surface area contributed by atoms with Crippen molar-refractivity contribution in [1.29, 1.82) is 0 Å². The van der Waals surface area contributed by atoms with Gasteiger partial charge in [0.15, 0.2) is 12.4 Å². The summed E-state index contributed by atoms with van der Waals surface area (Å²) in [6, 6.07) is 10.00. The first-order chi connectivity index (χ1) is 13.1. The van der Waals surface area contributed by atoms with Crippen molar-refractivity contribution in [2.24, 2.45) is 0 Å². The van der Waals surface area contributed by atoms with Crippen molar-refractivity contribution in [3.63, 3.8) is 0 Å². The van der Waals surface area contributed by atoms with Crippen LogP contribution >= 0.6 is 0 Å². The highest BCUT2D eigenvalue weighted by Crippen LogP contribution is 2.39. The van der Waals surface area contributed by atoms with E-state index in [1.807, 2.05) is 19.1 Å². The van der Waals surface area contributed by atoms with Gasteiger partial charge in [-0.2, -0.15) is 4.98 Å². The Morgan fingerprint density at radius 1 is 1.22 bits per heavy atom. The molecule has 2 aromatic carbocycles. The number of Topliss-reactive ketones (excluding diaryl/α,β-unsaturated/α-hetero) is 1. The molecule has 0 saturated heterocycles. The first-order valence-electron chi connectivity index (χ1n) is 8.52. The van der Waals surface area contributed by atoms with E-state index in [0.717, 1.165) is 11.3 Å². The molecular weight excluding hydrogens is 351 g/mol. The van der Waals surface area contributed by atoms with Gasteiger partial charge in [0.05, 0.1) is 12.7 Å². The minimum Gasteiger partial charge on any atom is -0.497 e. The molecule has 0 N–H and O–H groups in total. The number of carbonyl (C=O) groups is 1. The van der Waals surface area contributed by atoms with Crippen LogP contribution in [0.1, 0.15) is 41.0 Å². The van der Waals surface area contributed by atoms with Crippen LogP contribution in [-0.2, 0) is 6.61 Å². The maximum atomic E-state index is 14.0. The molecule has 1 unspecified atom stereocenters. The fourth-order valence-electron chi connectivity index (χ4n) is 3.25. The first kappa shape index (κ1) is 17.2.